The lowest BCUT2D eigenvalue weighted by atomic mass is 9.96. The van der Waals surface area contributed by atoms with E-state index >= 15 is 0 Å². The van der Waals surface area contributed by atoms with Crippen LogP contribution in [0.5, 0.6) is 0 Å². The molecule has 0 spiro atoms. The zero-order valence-corrected chi connectivity index (χ0v) is 21.7. The Bertz CT molecular complexity index is 1580. The van der Waals surface area contributed by atoms with Crippen molar-refractivity contribution in [1.29, 1.82) is 0 Å². The van der Waals surface area contributed by atoms with Crippen LogP contribution in [0, 0.1) is 0 Å². The Morgan fingerprint density at radius 3 is 1.09 bits per heavy atom. The van der Waals surface area contributed by atoms with Gasteiger partial charge < -0.3 is 0 Å². The summed E-state index contributed by atoms with van der Waals surface area (Å²) in [5.41, 5.74) is 2.36. The molecule has 0 aliphatic heterocycles. The van der Waals surface area contributed by atoms with Gasteiger partial charge >= 0.3 is 0 Å². The minimum Gasteiger partial charge on any atom is -0.0984 e. The van der Waals surface area contributed by atoms with Gasteiger partial charge in [0.15, 0.2) is 0 Å². The van der Waals surface area contributed by atoms with Gasteiger partial charge in [0.1, 0.15) is 0 Å². The van der Waals surface area contributed by atoms with Gasteiger partial charge in [-0.05, 0) is 66.3 Å². The molecular formula is C32H22Br2. The normalized spacial score (nSPS) is 10.9. The topological polar surface area (TPSA) is 0 Å². The molecule has 0 fully saturated rings. The van der Waals surface area contributed by atoms with E-state index in [2.05, 4.69) is 142 Å². The van der Waals surface area contributed by atoms with E-state index in [4.69, 9.17) is 0 Å². The van der Waals surface area contributed by atoms with Crippen LogP contribution in [0.1, 0.15) is 11.1 Å². The number of hydrogen-bond acceptors (Lipinski definition) is 0. The van der Waals surface area contributed by atoms with Crippen molar-refractivity contribution in [3.63, 3.8) is 0 Å². The highest BCUT2D eigenvalue weighted by Crippen LogP contribution is 2.33. The fourth-order valence-corrected chi connectivity index (χ4v) is 5.58. The molecule has 0 radical (unpaired) electrons. The van der Waals surface area contributed by atoms with Crippen LogP contribution in [0.3, 0.4) is 0 Å². The van der Waals surface area contributed by atoms with Gasteiger partial charge in [-0.15, -0.1) is 0 Å². The van der Waals surface area contributed by atoms with Crippen LogP contribution in [0.25, 0.3) is 55.2 Å². The van der Waals surface area contributed by atoms with Crippen molar-refractivity contribution in [3.05, 3.63) is 130 Å². The van der Waals surface area contributed by atoms with Crippen LogP contribution in [0.4, 0.5) is 0 Å². The molecule has 2 heteroatoms. The van der Waals surface area contributed by atoms with Gasteiger partial charge in [0.25, 0.3) is 0 Å². The minimum absolute atomic E-state index is 1.15. The maximum absolute atomic E-state index is 3.88. The average molecular weight is 566 g/mol. The Morgan fingerprint density at radius 1 is 0.382 bits per heavy atom. The fraction of sp³-hybridized carbons (Fsp3) is 0. The van der Waals surface area contributed by atoms with Crippen molar-refractivity contribution in [1.82, 2.24) is 0 Å². The van der Waals surface area contributed by atoms with Gasteiger partial charge in [-0.25, -0.2) is 0 Å². The van der Waals surface area contributed by atoms with Gasteiger partial charge in [-0.3, -0.25) is 0 Å². The van der Waals surface area contributed by atoms with Gasteiger partial charge in [0, 0.05) is 8.95 Å². The van der Waals surface area contributed by atoms with Crippen molar-refractivity contribution >= 4 is 87.1 Å². The standard InChI is InChI=1S/C18H14.C14H8Br2/c1-3-13-7-5-9-17-15(13)11-12-16-14(4-2)8-6-10-18(16)17;15-13-5-1-3-9-10-4-2-6-14(16)12(10)8-7-11(9)13/h3-12H,1-2H2;1-8H. The third kappa shape index (κ3) is 3.98. The van der Waals surface area contributed by atoms with E-state index in [1.54, 1.807) is 0 Å². The molecule has 0 atom stereocenters. The van der Waals surface area contributed by atoms with Gasteiger partial charge in [0.2, 0.25) is 0 Å². The molecule has 0 saturated carbocycles. The molecule has 0 aliphatic carbocycles. The lowest BCUT2D eigenvalue weighted by molar-refractivity contribution is 1.71. The van der Waals surface area contributed by atoms with Crippen LogP contribution in [-0.2, 0) is 0 Å². The fourth-order valence-electron chi connectivity index (χ4n) is 4.58. The van der Waals surface area contributed by atoms with Crippen LogP contribution < -0.4 is 0 Å². The van der Waals surface area contributed by atoms with Gasteiger partial charge in [-0.2, -0.15) is 0 Å². The summed E-state index contributed by atoms with van der Waals surface area (Å²) in [6.45, 7) is 7.76. The molecule has 6 aromatic rings. The number of halogens is 2. The zero-order valence-electron chi connectivity index (χ0n) is 18.6. The van der Waals surface area contributed by atoms with Crippen molar-refractivity contribution in [2.75, 3.05) is 0 Å². The minimum atomic E-state index is 1.15. The molecule has 0 nitrogen and oxygen atoms in total. The third-order valence-corrected chi connectivity index (χ3v) is 7.62. The second-order valence-electron chi connectivity index (χ2n) is 8.09. The Kier molecular flexibility index (Phi) is 6.36. The summed E-state index contributed by atoms with van der Waals surface area (Å²) >= 11 is 7.18. The molecule has 6 rings (SSSR count). The number of benzene rings is 6. The molecular weight excluding hydrogens is 544 g/mol. The highest BCUT2D eigenvalue weighted by atomic mass is 79.9. The molecule has 0 N–H and O–H groups in total. The molecule has 0 heterocycles. The first-order valence-electron chi connectivity index (χ1n) is 11.1. The number of hydrogen-bond donors (Lipinski definition) is 0. The van der Waals surface area contributed by atoms with Crippen molar-refractivity contribution in [2.45, 2.75) is 0 Å². The van der Waals surface area contributed by atoms with Gasteiger partial charge in [-0.1, -0.05) is 142 Å². The molecule has 34 heavy (non-hydrogen) atoms. The van der Waals surface area contributed by atoms with Crippen molar-refractivity contribution < 1.29 is 0 Å². The quantitative estimate of drug-likeness (QED) is 0.183. The molecule has 0 saturated heterocycles. The monoisotopic (exact) mass is 564 g/mol. The molecule has 0 aliphatic rings. The Balaban J connectivity index is 0.000000142. The van der Waals surface area contributed by atoms with E-state index in [1.165, 1.54) is 54.2 Å². The molecule has 0 unspecified atom stereocenters. The summed E-state index contributed by atoms with van der Waals surface area (Å²) in [5, 5.41) is 10.1. The zero-order chi connectivity index (χ0) is 23.7. The van der Waals surface area contributed by atoms with E-state index in [9.17, 15) is 0 Å². The summed E-state index contributed by atoms with van der Waals surface area (Å²) in [6.07, 6.45) is 3.82. The van der Waals surface area contributed by atoms with Crippen molar-refractivity contribution in [3.8, 4) is 0 Å². The van der Waals surface area contributed by atoms with E-state index < -0.39 is 0 Å². The molecule has 6 aromatic carbocycles. The highest BCUT2D eigenvalue weighted by Gasteiger charge is 2.05. The van der Waals surface area contributed by atoms with Crippen molar-refractivity contribution in [2.24, 2.45) is 0 Å². The maximum Gasteiger partial charge on any atom is 0.0253 e. The summed E-state index contributed by atoms with van der Waals surface area (Å²) in [5.74, 6) is 0. The Labute approximate surface area is 216 Å². The molecule has 0 bridgehead atoms. The number of rotatable bonds is 2. The average Bonchev–Trinajstić information content (AvgIpc) is 2.88. The van der Waals surface area contributed by atoms with E-state index in [-0.39, 0.29) is 0 Å². The third-order valence-electron chi connectivity index (χ3n) is 6.24. The van der Waals surface area contributed by atoms with Crippen LogP contribution in [0.15, 0.2) is 119 Å². The smallest absolute Gasteiger partial charge is 0.0253 e. The highest BCUT2D eigenvalue weighted by molar-refractivity contribution is 9.11. The summed E-state index contributed by atoms with van der Waals surface area (Å²) in [6, 6.07) is 34.0. The van der Waals surface area contributed by atoms with E-state index in [1.807, 2.05) is 12.2 Å². The lowest BCUT2D eigenvalue weighted by Crippen LogP contribution is -1.83. The van der Waals surface area contributed by atoms with E-state index in [0.717, 1.165) is 8.95 Å². The first kappa shape index (κ1) is 22.6. The summed E-state index contributed by atoms with van der Waals surface area (Å²) in [4.78, 5) is 0. The van der Waals surface area contributed by atoms with Crippen LogP contribution in [-0.4, -0.2) is 0 Å². The van der Waals surface area contributed by atoms with Crippen LogP contribution >= 0.6 is 31.9 Å². The van der Waals surface area contributed by atoms with Gasteiger partial charge in [0.05, 0.1) is 0 Å². The molecule has 0 amide bonds. The lowest BCUT2D eigenvalue weighted by Gasteiger charge is -2.08. The maximum atomic E-state index is 3.88. The molecule has 164 valence electrons. The first-order chi connectivity index (χ1) is 16.6. The largest absolute Gasteiger partial charge is 0.0984 e. The predicted octanol–water partition coefficient (Wildman–Crippen LogP) is 10.8. The summed E-state index contributed by atoms with van der Waals surface area (Å²) in [7, 11) is 0. The molecule has 0 aromatic heterocycles. The van der Waals surface area contributed by atoms with Crippen LogP contribution in [0.2, 0.25) is 0 Å². The van der Waals surface area contributed by atoms with E-state index in [0.29, 0.717) is 0 Å². The second-order valence-corrected chi connectivity index (χ2v) is 9.80. The predicted molar refractivity (Wildman–Crippen MR) is 158 cm³/mol. The SMILES string of the molecule is Brc1cccc2c1ccc1c(Br)cccc12.C=Cc1cccc2c1ccc1c(C=C)cccc12. The first-order valence-corrected chi connectivity index (χ1v) is 12.7. The summed E-state index contributed by atoms with van der Waals surface area (Å²) < 4.78 is 2.29. The Hall–Kier alpha value is -3.20. The number of fused-ring (bicyclic) bond motifs is 6. The second kappa shape index (κ2) is 9.58. The Morgan fingerprint density at radius 2 is 0.706 bits per heavy atom.